The van der Waals surface area contributed by atoms with Crippen molar-refractivity contribution in [2.45, 2.75) is 0 Å². The van der Waals surface area contributed by atoms with E-state index in [0.717, 1.165) is 11.6 Å². The van der Waals surface area contributed by atoms with Gasteiger partial charge in [-0.2, -0.15) is 0 Å². The number of nitrogen functional groups attached to an aromatic ring is 1. The molecule has 0 amide bonds. The van der Waals surface area contributed by atoms with E-state index in [9.17, 15) is 8.42 Å². The summed E-state index contributed by atoms with van der Waals surface area (Å²) in [6, 6.07) is 3.49. The second-order valence-electron chi connectivity index (χ2n) is 3.73. The zero-order valence-corrected chi connectivity index (χ0v) is 10.5. The lowest BCUT2D eigenvalue weighted by Gasteiger charge is -1.97. The van der Waals surface area contributed by atoms with Crippen LogP contribution in [0.4, 0.5) is 5.69 Å². The van der Waals surface area contributed by atoms with Crippen LogP contribution >= 0.6 is 0 Å². The maximum Gasteiger partial charge on any atom is 0.209 e. The van der Waals surface area contributed by atoms with E-state index >= 15 is 0 Å². The predicted molar refractivity (Wildman–Crippen MR) is 70.2 cm³/mol. The van der Waals surface area contributed by atoms with Crippen LogP contribution in [-0.4, -0.2) is 31.2 Å². The van der Waals surface area contributed by atoms with Crippen molar-refractivity contribution in [2.75, 3.05) is 18.5 Å². The van der Waals surface area contributed by atoms with Crippen molar-refractivity contribution >= 4 is 26.7 Å². The van der Waals surface area contributed by atoms with E-state index in [1.807, 2.05) is 6.07 Å². The molecule has 0 aliphatic carbocycles. The molecule has 7 heteroatoms. The highest BCUT2D eigenvalue weighted by atomic mass is 32.2. The molecule has 2 aromatic rings. The molecule has 0 unspecified atom stereocenters. The molecule has 2 rings (SSSR count). The molecule has 0 saturated heterocycles. The van der Waals surface area contributed by atoms with Crippen LogP contribution in [0.2, 0.25) is 0 Å². The molecule has 0 aliphatic rings. The minimum absolute atomic E-state index is 0.0448. The monoisotopic (exact) mass is 264 g/mol. The van der Waals surface area contributed by atoms with Gasteiger partial charge < -0.3 is 10.7 Å². The second kappa shape index (κ2) is 4.68. The molecule has 4 N–H and O–H groups in total. The third-order valence-electron chi connectivity index (χ3n) is 2.20. The van der Waals surface area contributed by atoms with Gasteiger partial charge in [-0.25, -0.2) is 18.1 Å². The first-order chi connectivity index (χ1) is 8.46. The van der Waals surface area contributed by atoms with E-state index in [1.165, 1.54) is 0 Å². The molecular weight excluding hydrogens is 252 g/mol. The van der Waals surface area contributed by atoms with Gasteiger partial charge in [0.05, 0.1) is 12.8 Å². The number of anilines is 1. The van der Waals surface area contributed by atoms with Gasteiger partial charge in [0, 0.05) is 17.3 Å². The minimum Gasteiger partial charge on any atom is -0.398 e. The van der Waals surface area contributed by atoms with Gasteiger partial charge in [0.2, 0.25) is 10.0 Å². The molecule has 0 aliphatic heterocycles. The Kier molecular flexibility index (Phi) is 3.23. The normalized spacial score (nSPS) is 11.2. The standard InChI is InChI=1S/C11H12N4O2S/c1-18(16,17)14-5-2-3-8-7-10(12)9-4-6-13-11(9)15-8/h4,6-7,14H,5H2,1H3,(H3,12,13,15). The average molecular weight is 264 g/mol. The SMILES string of the molecule is CS(=O)(=O)NCC#Cc1cc(N)c2cc[nH]c2n1. The summed E-state index contributed by atoms with van der Waals surface area (Å²) in [5.41, 5.74) is 7.58. The Morgan fingerprint density at radius 2 is 2.33 bits per heavy atom. The highest BCUT2D eigenvalue weighted by Gasteiger charge is 2.02. The summed E-state index contributed by atoms with van der Waals surface area (Å²) in [4.78, 5) is 7.19. The third kappa shape index (κ3) is 3.00. The number of sulfonamides is 1. The number of rotatable bonds is 2. The van der Waals surface area contributed by atoms with Crippen LogP contribution < -0.4 is 10.5 Å². The van der Waals surface area contributed by atoms with Crippen LogP contribution in [0, 0.1) is 11.8 Å². The average Bonchev–Trinajstić information content (AvgIpc) is 2.71. The smallest absolute Gasteiger partial charge is 0.209 e. The van der Waals surface area contributed by atoms with Crippen LogP contribution in [0.5, 0.6) is 0 Å². The molecule has 0 atom stereocenters. The number of aromatic nitrogens is 2. The van der Waals surface area contributed by atoms with E-state index in [4.69, 9.17) is 5.73 Å². The number of H-pyrrole nitrogens is 1. The van der Waals surface area contributed by atoms with Crippen molar-refractivity contribution in [3.63, 3.8) is 0 Å². The third-order valence-corrected chi connectivity index (χ3v) is 2.87. The van der Waals surface area contributed by atoms with Gasteiger partial charge in [-0.3, -0.25) is 0 Å². The number of hydrogen-bond donors (Lipinski definition) is 3. The quantitative estimate of drug-likeness (QED) is 0.667. The van der Waals surface area contributed by atoms with Gasteiger partial charge in [-0.15, -0.1) is 0 Å². The van der Waals surface area contributed by atoms with Gasteiger partial charge >= 0.3 is 0 Å². The molecule has 6 nitrogen and oxygen atoms in total. The van der Waals surface area contributed by atoms with Gasteiger partial charge in [-0.05, 0) is 18.1 Å². The summed E-state index contributed by atoms with van der Waals surface area (Å²) in [6.45, 7) is 0.0448. The fourth-order valence-electron chi connectivity index (χ4n) is 1.43. The summed E-state index contributed by atoms with van der Waals surface area (Å²) in [5.74, 6) is 5.42. The first kappa shape index (κ1) is 12.4. The largest absolute Gasteiger partial charge is 0.398 e. The molecule has 2 aromatic heterocycles. The highest BCUT2D eigenvalue weighted by molar-refractivity contribution is 7.88. The van der Waals surface area contributed by atoms with Crippen molar-refractivity contribution in [3.05, 3.63) is 24.0 Å². The number of fused-ring (bicyclic) bond motifs is 1. The molecule has 0 aromatic carbocycles. The Bertz CT molecular complexity index is 737. The first-order valence-corrected chi connectivity index (χ1v) is 7.02. The molecule has 2 heterocycles. The minimum atomic E-state index is -3.22. The van der Waals surface area contributed by atoms with Crippen LogP contribution in [0.25, 0.3) is 11.0 Å². The lowest BCUT2D eigenvalue weighted by atomic mass is 10.2. The van der Waals surface area contributed by atoms with Crippen LogP contribution in [0.1, 0.15) is 5.69 Å². The summed E-state index contributed by atoms with van der Waals surface area (Å²) in [6.07, 6.45) is 2.83. The van der Waals surface area contributed by atoms with Crippen molar-refractivity contribution in [1.82, 2.24) is 14.7 Å². The van der Waals surface area contributed by atoms with Crippen molar-refractivity contribution in [2.24, 2.45) is 0 Å². The lowest BCUT2D eigenvalue weighted by Crippen LogP contribution is -2.21. The highest BCUT2D eigenvalue weighted by Crippen LogP contribution is 2.18. The fourth-order valence-corrected chi connectivity index (χ4v) is 1.76. The Balaban J connectivity index is 2.19. The van der Waals surface area contributed by atoms with E-state index < -0.39 is 10.0 Å². The van der Waals surface area contributed by atoms with Gasteiger partial charge in [-0.1, -0.05) is 5.92 Å². The van der Waals surface area contributed by atoms with E-state index in [-0.39, 0.29) is 6.54 Å². The van der Waals surface area contributed by atoms with E-state index in [1.54, 1.807) is 12.3 Å². The number of nitrogens with two attached hydrogens (primary N) is 1. The molecule has 0 saturated carbocycles. The molecule has 0 bridgehead atoms. The zero-order chi connectivity index (χ0) is 13.2. The summed E-state index contributed by atoms with van der Waals surface area (Å²) >= 11 is 0. The molecule has 0 radical (unpaired) electrons. The van der Waals surface area contributed by atoms with Gasteiger partial charge in [0.15, 0.2) is 0 Å². The van der Waals surface area contributed by atoms with Crippen molar-refractivity contribution in [1.29, 1.82) is 0 Å². The summed E-state index contributed by atoms with van der Waals surface area (Å²) in [7, 11) is -3.22. The molecule has 0 spiro atoms. The first-order valence-electron chi connectivity index (χ1n) is 5.13. The summed E-state index contributed by atoms with van der Waals surface area (Å²) < 4.78 is 23.9. The van der Waals surface area contributed by atoms with Crippen LogP contribution in [0.15, 0.2) is 18.3 Å². The number of nitrogens with one attached hydrogen (secondary N) is 2. The van der Waals surface area contributed by atoms with Gasteiger partial charge in [0.25, 0.3) is 0 Å². The van der Waals surface area contributed by atoms with E-state index in [2.05, 4.69) is 26.5 Å². The molecule has 94 valence electrons. The number of nitrogens with zero attached hydrogens (tertiary/aromatic N) is 1. The number of hydrogen-bond acceptors (Lipinski definition) is 4. The summed E-state index contributed by atoms with van der Waals surface area (Å²) in [5, 5.41) is 0.842. The Hall–Kier alpha value is -2.04. The fraction of sp³-hybridized carbons (Fsp3) is 0.182. The van der Waals surface area contributed by atoms with Crippen LogP contribution in [0.3, 0.4) is 0 Å². The van der Waals surface area contributed by atoms with Gasteiger partial charge in [0.1, 0.15) is 11.3 Å². The predicted octanol–water partition coefficient (Wildman–Crippen LogP) is 0.0458. The van der Waals surface area contributed by atoms with E-state index in [0.29, 0.717) is 17.0 Å². The van der Waals surface area contributed by atoms with Crippen LogP contribution in [-0.2, 0) is 10.0 Å². The Labute approximate surface area is 105 Å². The zero-order valence-electron chi connectivity index (χ0n) is 9.69. The molecule has 0 fully saturated rings. The molecular formula is C11H12N4O2S. The Morgan fingerprint density at radius 3 is 3.06 bits per heavy atom. The number of aromatic amines is 1. The van der Waals surface area contributed by atoms with Crippen molar-refractivity contribution in [3.8, 4) is 11.8 Å². The second-order valence-corrected chi connectivity index (χ2v) is 5.56. The maximum absolute atomic E-state index is 10.8. The number of pyridine rings is 1. The lowest BCUT2D eigenvalue weighted by molar-refractivity contribution is 0.592. The molecule has 18 heavy (non-hydrogen) atoms. The van der Waals surface area contributed by atoms with Crippen molar-refractivity contribution < 1.29 is 8.42 Å². The maximum atomic E-state index is 10.8. The topological polar surface area (TPSA) is 101 Å². The Morgan fingerprint density at radius 1 is 1.56 bits per heavy atom.